The highest BCUT2D eigenvalue weighted by molar-refractivity contribution is 7.89. The van der Waals surface area contributed by atoms with Crippen LogP contribution in [-0.4, -0.2) is 39.0 Å². The number of hydrogen-bond acceptors (Lipinski definition) is 4. The molecule has 0 saturated heterocycles. The van der Waals surface area contributed by atoms with Crippen LogP contribution in [0.5, 0.6) is 0 Å². The van der Waals surface area contributed by atoms with E-state index >= 15 is 0 Å². The van der Waals surface area contributed by atoms with Gasteiger partial charge in [0.2, 0.25) is 15.9 Å². The minimum absolute atomic E-state index is 0.0357. The molecule has 1 rings (SSSR count). The molecule has 0 unspecified atom stereocenters. The third-order valence-corrected chi connectivity index (χ3v) is 4.33. The third kappa shape index (κ3) is 4.19. The zero-order valence-electron chi connectivity index (χ0n) is 10.5. The van der Waals surface area contributed by atoms with Crippen LogP contribution in [0.2, 0.25) is 5.02 Å². The lowest BCUT2D eigenvalue weighted by molar-refractivity contribution is -0.120. The monoisotopic (exact) mass is 320 g/mol. The van der Waals surface area contributed by atoms with Gasteiger partial charge in [0.15, 0.2) is 0 Å². The predicted octanol–water partition coefficient (Wildman–Crippen LogP) is 0.453. The van der Waals surface area contributed by atoms with E-state index < -0.39 is 16.0 Å². The fraction of sp³-hybridized carbons (Fsp3) is 0.273. The van der Waals surface area contributed by atoms with Gasteiger partial charge in [-0.1, -0.05) is 11.6 Å². The van der Waals surface area contributed by atoms with Crippen LogP contribution in [0.1, 0.15) is 16.8 Å². The van der Waals surface area contributed by atoms with E-state index in [9.17, 15) is 18.0 Å². The number of benzene rings is 1. The molecule has 0 atom stereocenters. The van der Waals surface area contributed by atoms with Crippen LogP contribution in [0.15, 0.2) is 23.1 Å². The van der Waals surface area contributed by atoms with E-state index in [-0.39, 0.29) is 34.4 Å². The Morgan fingerprint density at radius 2 is 2.00 bits per heavy atom. The molecular weight excluding hydrogens is 308 g/mol. The van der Waals surface area contributed by atoms with Crippen molar-refractivity contribution in [2.45, 2.75) is 11.3 Å². The maximum Gasteiger partial charge on any atom is 0.335 e. The van der Waals surface area contributed by atoms with Gasteiger partial charge in [-0.25, -0.2) is 17.9 Å². The van der Waals surface area contributed by atoms with E-state index in [0.717, 1.165) is 6.07 Å². The van der Waals surface area contributed by atoms with Crippen molar-refractivity contribution in [2.24, 2.45) is 0 Å². The van der Waals surface area contributed by atoms with Gasteiger partial charge in [-0.05, 0) is 18.2 Å². The first-order valence-corrected chi connectivity index (χ1v) is 7.37. The van der Waals surface area contributed by atoms with E-state index in [1.54, 1.807) is 0 Å². The van der Waals surface area contributed by atoms with Crippen LogP contribution in [0.3, 0.4) is 0 Å². The van der Waals surface area contributed by atoms with Crippen molar-refractivity contribution >= 4 is 33.5 Å². The molecule has 9 heteroatoms. The Labute approximate surface area is 121 Å². The molecule has 110 valence electrons. The molecule has 0 aliphatic heterocycles. The van der Waals surface area contributed by atoms with Gasteiger partial charge >= 0.3 is 5.97 Å². The SMILES string of the molecule is CNC(=O)CCNS(=O)(=O)c1cc(C(=O)O)ccc1Cl. The number of nitrogens with one attached hydrogen (secondary N) is 2. The second-order valence-electron chi connectivity index (χ2n) is 3.77. The average Bonchev–Trinajstić information content (AvgIpc) is 2.38. The molecule has 0 saturated carbocycles. The van der Waals surface area contributed by atoms with Crippen LogP contribution in [-0.2, 0) is 14.8 Å². The smallest absolute Gasteiger partial charge is 0.335 e. The zero-order chi connectivity index (χ0) is 15.3. The topological polar surface area (TPSA) is 113 Å². The maximum absolute atomic E-state index is 12.0. The normalized spacial score (nSPS) is 11.1. The van der Waals surface area contributed by atoms with Crippen LogP contribution in [0.25, 0.3) is 0 Å². The number of carbonyl (C=O) groups is 2. The molecule has 0 aromatic heterocycles. The lowest BCUT2D eigenvalue weighted by Crippen LogP contribution is -2.29. The first-order valence-electron chi connectivity index (χ1n) is 5.51. The van der Waals surface area contributed by atoms with Gasteiger partial charge in [0.05, 0.1) is 10.6 Å². The van der Waals surface area contributed by atoms with E-state index in [1.807, 2.05) is 0 Å². The number of carboxylic acid groups (broad SMARTS) is 1. The molecule has 0 bridgehead atoms. The molecule has 0 aliphatic rings. The Morgan fingerprint density at radius 1 is 1.35 bits per heavy atom. The molecule has 20 heavy (non-hydrogen) atoms. The van der Waals surface area contributed by atoms with Gasteiger partial charge in [-0.2, -0.15) is 0 Å². The molecule has 1 aromatic carbocycles. The molecule has 1 aromatic rings. The third-order valence-electron chi connectivity index (χ3n) is 2.39. The first-order chi connectivity index (χ1) is 9.27. The standard InChI is InChI=1S/C11H13ClN2O5S/c1-13-10(15)4-5-14-20(18,19)9-6-7(11(16)17)2-3-8(9)12/h2-3,6,14H,4-5H2,1H3,(H,13,15)(H,16,17). The summed E-state index contributed by atoms with van der Waals surface area (Å²) in [5, 5.41) is 11.1. The maximum atomic E-state index is 12.0. The highest BCUT2D eigenvalue weighted by Crippen LogP contribution is 2.22. The fourth-order valence-corrected chi connectivity index (χ4v) is 2.90. The van der Waals surface area contributed by atoms with Crippen LogP contribution < -0.4 is 10.0 Å². The van der Waals surface area contributed by atoms with Crippen molar-refractivity contribution < 1.29 is 23.1 Å². The molecule has 0 aliphatic carbocycles. The van der Waals surface area contributed by atoms with Crippen molar-refractivity contribution in [1.29, 1.82) is 0 Å². The van der Waals surface area contributed by atoms with Gasteiger partial charge in [0, 0.05) is 20.0 Å². The van der Waals surface area contributed by atoms with Gasteiger partial charge in [-0.15, -0.1) is 0 Å². The summed E-state index contributed by atoms with van der Waals surface area (Å²) in [6, 6.07) is 3.36. The number of carboxylic acids is 1. The number of hydrogen-bond donors (Lipinski definition) is 3. The van der Waals surface area contributed by atoms with Crippen molar-refractivity contribution in [3.8, 4) is 0 Å². The van der Waals surface area contributed by atoms with Gasteiger partial charge in [-0.3, -0.25) is 4.79 Å². The summed E-state index contributed by atoms with van der Waals surface area (Å²) in [6.45, 7) is -0.115. The van der Waals surface area contributed by atoms with Gasteiger partial charge < -0.3 is 10.4 Å². The van der Waals surface area contributed by atoms with Crippen molar-refractivity contribution in [1.82, 2.24) is 10.0 Å². The molecule has 0 heterocycles. The summed E-state index contributed by atoms with van der Waals surface area (Å²) in [4.78, 5) is 21.5. The molecule has 0 fully saturated rings. The van der Waals surface area contributed by atoms with Crippen LogP contribution in [0, 0.1) is 0 Å². The number of carbonyl (C=O) groups excluding carboxylic acids is 1. The number of rotatable bonds is 6. The number of halogens is 1. The van der Waals surface area contributed by atoms with Crippen LogP contribution >= 0.6 is 11.6 Å². The van der Waals surface area contributed by atoms with Crippen LogP contribution in [0.4, 0.5) is 0 Å². The molecule has 3 N–H and O–H groups in total. The predicted molar refractivity (Wildman–Crippen MR) is 72.3 cm³/mol. The minimum Gasteiger partial charge on any atom is -0.478 e. The van der Waals surface area contributed by atoms with Gasteiger partial charge in [0.1, 0.15) is 4.90 Å². The van der Waals surface area contributed by atoms with E-state index in [1.165, 1.54) is 19.2 Å². The minimum atomic E-state index is -3.98. The Hall–Kier alpha value is -1.64. The lowest BCUT2D eigenvalue weighted by atomic mass is 10.2. The van der Waals surface area contributed by atoms with E-state index in [4.69, 9.17) is 16.7 Å². The average molecular weight is 321 g/mol. The van der Waals surface area contributed by atoms with Gasteiger partial charge in [0.25, 0.3) is 0 Å². The number of amides is 1. The molecule has 0 spiro atoms. The summed E-state index contributed by atoms with van der Waals surface area (Å²) in [7, 11) is -2.54. The molecule has 1 amide bonds. The van der Waals surface area contributed by atoms with Crippen molar-refractivity contribution in [3.05, 3.63) is 28.8 Å². The second-order valence-corrected chi connectivity index (χ2v) is 5.91. The quantitative estimate of drug-likeness (QED) is 0.704. The summed E-state index contributed by atoms with van der Waals surface area (Å²) in [6.07, 6.45) is -0.0357. The summed E-state index contributed by atoms with van der Waals surface area (Å²) in [5.41, 5.74) is -0.193. The molecule has 0 radical (unpaired) electrons. The summed E-state index contributed by atoms with van der Waals surface area (Å²) >= 11 is 5.76. The number of aromatic carboxylic acids is 1. The largest absolute Gasteiger partial charge is 0.478 e. The highest BCUT2D eigenvalue weighted by Gasteiger charge is 2.19. The zero-order valence-corrected chi connectivity index (χ0v) is 12.1. The summed E-state index contributed by atoms with van der Waals surface area (Å²) < 4.78 is 26.1. The molecule has 7 nitrogen and oxygen atoms in total. The Kier molecular flexibility index (Phi) is 5.49. The van der Waals surface area contributed by atoms with E-state index in [2.05, 4.69) is 10.0 Å². The van der Waals surface area contributed by atoms with Crippen molar-refractivity contribution in [3.63, 3.8) is 0 Å². The molecular formula is C11H13ClN2O5S. The first kappa shape index (κ1) is 16.4. The Balaban J connectivity index is 2.94. The summed E-state index contributed by atoms with van der Waals surface area (Å²) in [5.74, 6) is -1.58. The Morgan fingerprint density at radius 3 is 2.55 bits per heavy atom. The van der Waals surface area contributed by atoms with Crippen molar-refractivity contribution in [2.75, 3.05) is 13.6 Å². The second kappa shape index (κ2) is 6.69. The number of sulfonamides is 1. The fourth-order valence-electron chi connectivity index (χ4n) is 1.34. The highest BCUT2D eigenvalue weighted by atomic mass is 35.5. The van der Waals surface area contributed by atoms with E-state index in [0.29, 0.717) is 0 Å². The lowest BCUT2D eigenvalue weighted by Gasteiger charge is -2.08. The Bertz CT molecular complexity index is 630.